The van der Waals surface area contributed by atoms with E-state index < -0.39 is 0 Å². The summed E-state index contributed by atoms with van der Waals surface area (Å²) in [6.45, 7) is 13.6. The zero-order valence-electron chi connectivity index (χ0n) is 13.8. The second kappa shape index (κ2) is 8.43. The fraction of sp³-hybridized carbons (Fsp3) is 0.667. The van der Waals surface area contributed by atoms with Crippen molar-refractivity contribution in [1.82, 2.24) is 5.32 Å². The van der Waals surface area contributed by atoms with Crippen LogP contribution in [0.4, 0.5) is 0 Å². The summed E-state index contributed by atoms with van der Waals surface area (Å²) >= 11 is 0. The van der Waals surface area contributed by atoms with Gasteiger partial charge in [-0.1, -0.05) is 65.3 Å². The summed E-state index contributed by atoms with van der Waals surface area (Å²) in [5.41, 5.74) is 2.91. The van der Waals surface area contributed by atoms with Gasteiger partial charge in [-0.15, -0.1) is 0 Å². The Bertz CT molecular complexity index is 364. The highest BCUT2D eigenvalue weighted by atomic mass is 16.5. The summed E-state index contributed by atoms with van der Waals surface area (Å²) in [6, 6.07) is 9.25. The van der Waals surface area contributed by atoms with Gasteiger partial charge in [0.1, 0.15) is 0 Å². The van der Waals surface area contributed by atoms with Gasteiger partial charge in [-0.3, -0.25) is 0 Å². The number of benzene rings is 1. The lowest BCUT2D eigenvalue weighted by molar-refractivity contribution is 0.109. The minimum atomic E-state index is 0.212. The summed E-state index contributed by atoms with van der Waals surface area (Å²) in [4.78, 5) is 0. The molecule has 0 bridgehead atoms. The van der Waals surface area contributed by atoms with Crippen molar-refractivity contribution in [3.05, 3.63) is 35.4 Å². The van der Waals surface area contributed by atoms with Crippen molar-refractivity contribution in [2.45, 2.75) is 58.9 Å². The molecule has 0 aliphatic heterocycles. The van der Waals surface area contributed by atoms with Crippen molar-refractivity contribution in [3.8, 4) is 0 Å². The molecule has 0 radical (unpaired) electrons. The number of likely N-dealkylation sites (N-methyl/N-ethyl adjacent to an activating group) is 1. The van der Waals surface area contributed by atoms with Crippen LogP contribution in [0.15, 0.2) is 24.3 Å². The molecule has 0 saturated carbocycles. The van der Waals surface area contributed by atoms with Crippen LogP contribution in [0.5, 0.6) is 0 Å². The first-order valence-corrected chi connectivity index (χ1v) is 7.90. The number of unbranched alkanes of at least 4 members (excludes halogenated alkanes) is 1. The Morgan fingerprint density at radius 2 is 1.75 bits per heavy atom. The first-order valence-electron chi connectivity index (χ1n) is 7.90. The number of hydrogen-bond acceptors (Lipinski definition) is 2. The minimum absolute atomic E-state index is 0.212. The van der Waals surface area contributed by atoms with Gasteiger partial charge in [-0.05, 0) is 29.5 Å². The first kappa shape index (κ1) is 17.2. The molecule has 1 atom stereocenters. The Balaban J connectivity index is 2.66. The predicted octanol–water partition coefficient (Wildman–Crippen LogP) is 4.45. The average Bonchev–Trinajstić information content (AvgIpc) is 2.41. The van der Waals surface area contributed by atoms with Crippen molar-refractivity contribution in [1.29, 1.82) is 0 Å². The van der Waals surface area contributed by atoms with E-state index in [4.69, 9.17) is 4.74 Å². The molecule has 2 heteroatoms. The van der Waals surface area contributed by atoms with E-state index in [0.29, 0.717) is 6.04 Å². The van der Waals surface area contributed by atoms with Crippen LogP contribution in [-0.4, -0.2) is 19.8 Å². The van der Waals surface area contributed by atoms with Gasteiger partial charge in [0, 0.05) is 6.61 Å². The topological polar surface area (TPSA) is 21.3 Å². The smallest absolute Gasteiger partial charge is 0.0661 e. The number of ether oxygens (including phenoxy) is 1. The highest BCUT2D eigenvalue weighted by Crippen LogP contribution is 2.24. The van der Waals surface area contributed by atoms with E-state index >= 15 is 0 Å². The molecule has 1 rings (SSSR count). The number of rotatable bonds is 8. The molecule has 0 aromatic heterocycles. The van der Waals surface area contributed by atoms with Gasteiger partial charge < -0.3 is 10.1 Å². The maximum Gasteiger partial charge on any atom is 0.0661 e. The van der Waals surface area contributed by atoms with Crippen molar-refractivity contribution in [3.63, 3.8) is 0 Å². The van der Waals surface area contributed by atoms with Crippen LogP contribution in [-0.2, 0) is 10.2 Å². The van der Waals surface area contributed by atoms with Crippen molar-refractivity contribution >= 4 is 0 Å². The lowest BCUT2D eigenvalue weighted by Gasteiger charge is -2.22. The highest BCUT2D eigenvalue weighted by molar-refractivity contribution is 5.29. The maximum absolute atomic E-state index is 5.78. The van der Waals surface area contributed by atoms with E-state index in [1.54, 1.807) is 0 Å². The van der Waals surface area contributed by atoms with Gasteiger partial charge >= 0.3 is 0 Å². The molecule has 1 aromatic rings. The van der Waals surface area contributed by atoms with Crippen molar-refractivity contribution in [2.75, 3.05) is 19.8 Å². The molecule has 0 aliphatic carbocycles. The number of nitrogens with one attached hydrogen (secondary N) is 1. The monoisotopic (exact) mass is 277 g/mol. The van der Waals surface area contributed by atoms with Gasteiger partial charge in [-0.2, -0.15) is 0 Å². The molecule has 1 aromatic carbocycles. The Morgan fingerprint density at radius 3 is 2.25 bits per heavy atom. The number of hydrogen-bond donors (Lipinski definition) is 1. The molecular formula is C18H31NO. The first-order chi connectivity index (χ1) is 9.49. The predicted molar refractivity (Wildman–Crippen MR) is 87.3 cm³/mol. The van der Waals surface area contributed by atoms with E-state index in [2.05, 4.69) is 64.2 Å². The van der Waals surface area contributed by atoms with E-state index in [0.717, 1.165) is 26.2 Å². The standard InChI is InChI=1S/C18H31NO/c1-6-8-13-20-14-17(19-7-2)15-9-11-16(12-10-15)18(3,4)5/h9-12,17,19H,6-8,13-14H2,1-5H3. The summed E-state index contributed by atoms with van der Waals surface area (Å²) in [6.07, 6.45) is 2.33. The maximum atomic E-state index is 5.78. The Morgan fingerprint density at radius 1 is 1.10 bits per heavy atom. The highest BCUT2D eigenvalue weighted by Gasteiger charge is 2.15. The lowest BCUT2D eigenvalue weighted by Crippen LogP contribution is -2.25. The third kappa shape index (κ3) is 5.64. The zero-order chi connectivity index (χ0) is 15.0. The second-order valence-electron chi connectivity index (χ2n) is 6.41. The van der Waals surface area contributed by atoms with Crippen LogP contribution >= 0.6 is 0 Å². The van der Waals surface area contributed by atoms with E-state index in [9.17, 15) is 0 Å². The van der Waals surface area contributed by atoms with E-state index in [1.165, 1.54) is 17.5 Å². The normalized spacial score (nSPS) is 13.4. The quantitative estimate of drug-likeness (QED) is 0.709. The summed E-state index contributed by atoms with van der Waals surface area (Å²) in [5, 5.41) is 3.51. The van der Waals surface area contributed by atoms with Gasteiger partial charge in [0.15, 0.2) is 0 Å². The molecule has 114 valence electrons. The van der Waals surface area contributed by atoms with Crippen LogP contribution in [0.25, 0.3) is 0 Å². The van der Waals surface area contributed by atoms with Gasteiger partial charge in [0.25, 0.3) is 0 Å². The summed E-state index contributed by atoms with van der Waals surface area (Å²) in [5.74, 6) is 0. The molecule has 0 saturated heterocycles. The SMILES string of the molecule is CCCCOCC(NCC)c1ccc(C(C)(C)C)cc1. The Labute approximate surface area is 124 Å². The van der Waals surface area contributed by atoms with Crippen LogP contribution in [0.3, 0.4) is 0 Å². The summed E-state index contributed by atoms with van der Waals surface area (Å²) in [7, 11) is 0. The van der Waals surface area contributed by atoms with Crippen LogP contribution in [0.2, 0.25) is 0 Å². The lowest BCUT2D eigenvalue weighted by atomic mass is 9.86. The average molecular weight is 277 g/mol. The molecule has 0 fully saturated rings. The molecule has 0 spiro atoms. The van der Waals surface area contributed by atoms with Gasteiger partial charge in [0.05, 0.1) is 12.6 Å². The van der Waals surface area contributed by atoms with Crippen LogP contribution in [0, 0.1) is 0 Å². The van der Waals surface area contributed by atoms with Crippen LogP contribution in [0.1, 0.15) is 64.6 Å². The molecule has 2 nitrogen and oxygen atoms in total. The molecule has 1 unspecified atom stereocenters. The Hall–Kier alpha value is -0.860. The third-order valence-corrected chi connectivity index (χ3v) is 3.56. The molecule has 0 amide bonds. The molecule has 0 aliphatic rings. The van der Waals surface area contributed by atoms with E-state index in [1.807, 2.05) is 0 Å². The fourth-order valence-corrected chi connectivity index (χ4v) is 2.18. The fourth-order valence-electron chi connectivity index (χ4n) is 2.18. The molecule has 0 heterocycles. The zero-order valence-corrected chi connectivity index (χ0v) is 13.8. The van der Waals surface area contributed by atoms with Crippen molar-refractivity contribution < 1.29 is 4.74 Å². The third-order valence-electron chi connectivity index (χ3n) is 3.56. The molecule has 1 N–H and O–H groups in total. The second-order valence-corrected chi connectivity index (χ2v) is 6.41. The van der Waals surface area contributed by atoms with Crippen LogP contribution < -0.4 is 5.32 Å². The molecular weight excluding hydrogens is 246 g/mol. The Kier molecular flexibility index (Phi) is 7.25. The van der Waals surface area contributed by atoms with Crippen molar-refractivity contribution in [2.24, 2.45) is 0 Å². The van der Waals surface area contributed by atoms with Gasteiger partial charge in [-0.25, -0.2) is 0 Å². The molecule has 20 heavy (non-hydrogen) atoms. The minimum Gasteiger partial charge on any atom is -0.379 e. The summed E-state index contributed by atoms with van der Waals surface area (Å²) < 4.78 is 5.78. The van der Waals surface area contributed by atoms with E-state index in [-0.39, 0.29) is 5.41 Å². The largest absolute Gasteiger partial charge is 0.379 e. The van der Waals surface area contributed by atoms with Gasteiger partial charge in [0.2, 0.25) is 0 Å².